The standard InChI is InChI=1S/C17H16N2O3/c1-11-6-5-9-19-13(10-15(20)21)16(18-17(11)19)12-7-3-4-8-14(12)22-2/h3-9H,10H2,1-2H3,(H,20,21). The third-order valence-electron chi connectivity index (χ3n) is 3.62. The molecule has 5 heteroatoms. The number of carbonyl (C=O) groups is 1. The van der Waals surface area contributed by atoms with Gasteiger partial charge in [-0.1, -0.05) is 18.2 Å². The van der Waals surface area contributed by atoms with Crippen LogP contribution in [0.4, 0.5) is 0 Å². The van der Waals surface area contributed by atoms with Crippen LogP contribution in [-0.4, -0.2) is 27.6 Å². The fourth-order valence-electron chi connectivity index (χ4n) is 2.62. The zero-order valence-corrected chi connectivity index (χ0v) is 12.4. The number of fused-ring (bicyclic) bond motifs is 1. The molecule has 2 heterocycles. The van der Waals surface area contributed by atoms with Crippen molar-refractivity contribution in [2.45, 2.75) is 13.3 Å². The van der Waals surface area contributed by atoms with Gasteiger partial charge in [-0.15, -0.1) is 0 Å². The number of aryl methyl sites for hydroxylation is 1. The van der Waals surface area contributed by atoms with Crippen molar-refractivity contribution >= 4 is 11.6 Å². The van der Waals surface area contributed by atoms with E-state index in [-0.39, 0.29) is 6.42 Å². The molecule has 0 atom stereocenters. The van der Waals surface area contributed by atoms with Crippen LogP contribution in [0.1, 0.15) is 11.3 Å². The molecular formula is C17H16N2O3. The normalized spacial score (nSPS) is 10.8. The summed E-state index contributed by atoms with van der Waals surface area (Å²) in [6, 6.07) is 11.3. The molecule has 5 nitrogen and oxygen atoms in total. The highest BCUT2D eigenvalue weighted by Crippen LogP contribution is 2.32. The number of aromatic nitrogens is 2. The molecule has 0 fully saturated rings. The minimum Gasteiger partial charge on any atom is -0.496 e. The molecule has 0 saturated heterocycles. The van der Waals surface area contributed by atoms with Crippen molar-refractivity contribution in [1.29, 1.82) is 0 Å². The van der Waals surface area contributed by atoms with Gasteiger partial charge in [0, 0.05) is 11.8 Å². The minimum absolute atomic E-state index is 0.0992. The van der Waals surface area contributed by atoms with Gasteiger partial charge in [-0.05, 0) is 30.7 Å². The van der Waals surface area contributed by atoms with Crippen LogP contribution in [-0.2, 0) is 11.2 Å². The Hall–Kier alpha value is -2.82. The first-order valence-electron chi connectivity index (χ1n) is 6.93. The Bertz CT molecular complexity index is 852. The van der Waals surface area contributed by atoms with E-state index in [0.29, 0.717) is 17.1 Å². The lowest BCUT2D eigenvalue weighted by Crippen LogP contribution is -2.05. The lowest BCUT2D eigenvalue weighted by molar-refractivity contribution is -0.136. The fraction of sp³-hybridized carbons (Fsp3) is 0.176. The van der Waals surface area contributed by atoms with E-state index in [2.05, 4.69) is 4.98 Å². The lowest BCUT2D eigenvalue weighted by atomic mass is 10.1. The van der Waals surface area contributed by atoms with Crippen LogP contribution in [0.5, 0.6) is 5.75 Å². The second kappa shape index (κ2) is 5.52. The highest BCUT2D eigenvalue weighted by molar-refractivity contribution is 5.78. The van der Waals surface area contributed by atoms with Crippen molar-refractivity contribution in [3.05, 3.63) is 53.9 Å². The van der Waals surface area contributed by atoms with Crippen molar-refractivity contribution in [2.75, 3.05) is 7.11 Å². The first-order valence-corrected chi connectivity index (χ1v) is 6.93. The van der Waals surface area contributed by atoms with Crippen LogP contribution in [0.3, 0.4) is 0 Å². The van der Waals surface area contributed by atoms with E-state index in [9.17, 15) is 9.90 Å². The first-order chi connectivity index (χ1) is 10.6. The van der Waals surface area contributed by atoms with Gasteiger partial charge in [0.15, 0.2) is 0 Å². The molecule has 0 aliphatic carbocycles. The fourth-order valence-corrected chi connectivity index (χ4v) is 2.62. The predicted octanol–water partition coefficient (Wildman–Crippen LogP) is 2.95. The van der Waals surface area contributed by atoms with Gasteiger partial charge in [-0.25, -0.2) is 4.98 Å². The van der Waals surface area contributed by atoms with Crippen LogP contribution in [0.25, 0.3) is 16.9 Å². The highest BCUT2D eigenvalue weighted by atomic mass is 16.5. The van der Waals surface area contributed by atoms with Gasteiger partial charge in [0.1, 0.15) is 11.4 Å². The Morgan fingerprint density at radius 3 is 2.77 bits per heavy atom. The van der Waals surface area contributed by atoms with Gasteiger partial charge in [0.2, 0.25) is 0 Å². The molecule has 3 rings (SSSR count). The van der Waals surface area contributed by atoms with Gasteiger partial charge in [0.05, 0.1) is 24.9 Å². The Morgan fingerprint density at radius 2 is 2.05 bits per heavy atom. The third kappa shape index (κ3) is 2.30. The second-order valence-corrected chi connectivity index (χ2v) is 5.06. The average molecular weight is 296 g/mol. The summed E-state index contributed by atoms with van der Waals surface area (Å²) in [6.07, 6.45) is 1.74. The number of hydrogen-bond acceptors (Lipinski definition) is 3. The van der Waals surface area contributed by atoms with E-state index in [1.807, 2.05) is 53.9 Å². The number of carboxylic acid groups (broad SMARTS) is 1. The summed E-state index contributed by atoms with van der Waals surface area (Å²) in [5.41, 5.74) is 3.85. The van der Waals surface area contributed by atoms with Crippen molar-refractivity contribution in [3.63, 3.8) is 0 Å². The van der Waals surface area contributed by atoms with E-state index in [1.165, 1.54) is 0 Å². The number of methoxy groups -OCH3 is 1. The van der Waals surface area contributed by atoms with Crippen LogP contribution in [0, 0.1) is 6.92 Å². The van der Waals surface area contributed by atoms with E-state index >= 15 is 0 Å². The van der Waals surface area contributed by atoms with Crippen molar-refractivity contribution < 1.29 is 14.6 Å². The first kappa shape index (κ1) is 14.1. The molecule has 0 aliphatic rings. The summed E-state index contributed by atoms with van der Waals surface area (Å²) in [6.45, 7) is 1.96. The number of pyridine rings is 1. The zero-order valence-electron chi connectivity index (χ0n) is 12.4. The summed E-state index contributed by atoms with van der Waals surface area (Å²) >= 11 is 0. The molecule has 1 aromatic carbocycles. The largest absolute Gasteiger partial charge is 0.496 e. The van der Waals surface area contributed by atoms with Crippen LogP contribution >= 0.6 is 0 Å². The van der Waals surface area contributed by atoms with E-state index in [1.54, 1.807) is 7.11 Å². The molecule has 0 radical (unpaired) electrons. The number of rotatable bonds is 4. The number of hydrogen-bond donors (Lipinski definition) is 1. The number of aliphatic carboxylic acids is 1. The van der Waals surface area contributed by atoms with Gasteiger partial charge >= 0.3 is 5.97 Å². The number of carboxylic acids is 1. The molecule has 0 spiro atoms. The molecular weight excluding hydrogens is 280 g/mol. The number of para-hydroxylation sites is 1. The van der Waals surface area contributed by atoms with Gasteiger partial charge in [0.25, 0.3) is 0 Å². The smallest absolute Gasteiger partial charge is 0.309 e. The summed E-state index contributed by atoms with van der Waals surface area (Å²) in [7, 11) is 1.59. The molecule has 0 unspecified atom stereocenters. The van der Waals surface area contributed by atoms with Crippen LogP contribution in [0.15, 0.2) is 42.6 Å². The summed E-state index contributed by atoms with van der Waals surface area (Å²) < 4.78 is 7.23. The summed E-state index contributed by atoms with van der Waals surface area (Å²) in [4.78, 5) is 15.9. The van der Waals surface area contributed by atoms with Gasteiger partial charge < -0.3 is 14.2 Å². The molecule has 112 valence electrons. The SMILES string of the molecule is COc1ccccc1-c1nc2c(C)cccn2c1CC(=O)O. The Labute approximate surface area is 127 Å². The van der Waals surface area contributed by atoms with Crippen LogP contribution < -0.4 is 4.74 Å². The lowest BCUT2D eigenvalue weighted by Gasteiger charge is -2.07. The van der Waals surface area contributed by atoms with Gasteiger partial charge in [-0.2, -0.15) is 0 Å². The number of imidazole rings is 1. The molecule has 2 aromatic heterocycles. The molecule has 22 heavy (non-hydrogen) atoms. The van der Waals surface area contributed by atoms with E-state index < -0.39 is 5.97 Å². The summed E-state index contributed by atoms with van der Waals surface area (Å²) in [5.74, 6) is -0.213. The van der Waals surface area contributed by atoms with Crippen molar-refractivity contribution in [2.24, 2.45) is 0 Å². The maximum absolute atomic E-state index is 11.3. The minimum atomic E-state index is -0.889. The molecule has 0 saturated carbocycles. The number of benzene rings is 1. The molecule has 0 aliphatic heterocycles. The maximum Gasteiger partial charge on any atom is 0.309 e. The summed E-state index contributed by atoms with van der Waals surface area (Å²) in [5, 5.41) is 9.24. The maximum atomic E-state index is 11.3. The molecule has 3 aromatic rings. The number of nitrogens with zero attached hydrogens (tertiary/aromatic N) is 2. The van der Waals surface area contributed by atoms with E-state index in [0.717, 1.165) is 16.8 Å². The third-order valence-corrected chi connectivity index (χ3v) is 3.62. The Morgan fingerprint density at radius 1 is 1.27 bits per heavy atom. The highest BCUT2D eigenvalue weighted by Gasteiger charge is 2.19. The Balaban J connectivity index is 2.32. The number of ether oxygens (including phenoxy) is 1. The van der Waals surface area contributed by atoms with Gasteiger partial charge in [-0.3, -0.25) is 4.79 Å². The quantitative estimate of drug-likeness (QED) is 0.804. The average Bonchev–Trinajstić information content (AvgIpc) is 2.87. The van der Waals surface area contributed by atoms with E-state index in [4.69, 9.17) is 4.74 Å². The second-order valence-electron chi connectivity index (χ2n) is 5.06. The van der Waals surface area contributed by atoms with Crippen LogP contribution in [0.2, 0.25) is 0 Å². The predicted molar refractivity (Wildman–Crippen MR) is 83.3 cm³/mol. The monoisotopic (exact) mass is 296 g/mol. The molecule has 1 N–H and O–H groups in total. The molecule has 0 amide bonds. The topological polar surface area (TPSA) is 63.8 Å². The Kier molecular flexibility index (Phi) is 3.55. The van der Waals surface area contributed by atoms with Crippen molar-refractivity contribution in [1.82, 2.24) is 9.38 Å². The zero-order chi connectivity index (χ0) is 15.7. The van der Waals surface area contributed by atoms with Crippen molar-refractivity contribution in [3.8, 4) is 17.0 Å². The molecule has 0 bridgehead atoms.